The predicted molar refractivity (Wildman–Crippen MR) is 51.3 cm³/mol. The van der Waals surface area contributed by atoms with E-state index in [2.05, 4.69) is 35.0 Å². The lowest BCUT2D eigenvalue weighted by molar-refractivity contribution is 1.50. The average Bonchev–Trinajstić information content (AvgIpc) is 1.85. The first kappa shape index (κ1) is 9.70. The quantitative estimate of drug-likeness (QED) is 0.596. The van der Waals surface area contributed by atoms with Gasteiger partial charge < -0.3 is 0 Å². The zero-order chi connectivity index (χ0) is 7.98. The van der Waals surface area contributed by atoms with Gasteiger partial charge in [0, 0.05) is 0 Å². The van der Waals surface area contributed by atoms with E-state index in [1.54, 1.807) is 0 Å². The van der Waals surface area contributed by atoms with Crippen molar-refractivity contribution in [3.8, 4) is 0 Å². The van der Waals surface area contributed by atoms with Crippen molar-refractivity contribution in [2.24, 2.45) is 0 Å². The lowest BCUT2D eigenvalue weighted by Crippen LogP contribution is -1.64. The highest BCUT2D eigenvalue weighted by molar-refractivity contribution is 9.11. The molecule has 0 bridgehead atoms. The molecule has 0 saturated heterocycles. The minimum absolute atomic E-state index is 1.15. The van der Waals surface area contributed by atoms with Gasteiger partial charge >= 0.3 is 0 Å². The summed E-state index contributed by atoms with van der Waals surface area (Å²) in [6.45, 7) is 6.11. The first-order valence-corrected chi connectivity index (χ1v) is 4.09. The zero-order valence-corrected chi connectivity index (χ0v) is 8.27. The van der Waals surface area contributed by atoms with Crippen molar-refractivity contribution >= 4 is 15.9 Å². The SMILES string of the molecule is C\C=C/C(C)=C\C=C(/C)Br. The van der Waals surface area contributed by atoms with Crippen LogP contribution in [-0.4, -0.2) is 0 Å². The molecule has 0 N–H and O–H groups in total. The highest BCUT2D eigenvalue weighted by atomic mass is 79.9. The topological polar surface area (TPSA) is 0 Å². The van der Waals surface area contributed by atoms with Crippen LogP contribution in [0.1, 0.15) is 20.8 Å². The van der Waals surface area contributed by atoms with Crippen LogP contribution in [0.3, 0.4) is 0 Å². The van der Waals surface area contributed by atoms with E-state index in [0.717, 1.165) is 4.48 Å². The summed E-state index contributed by atoms with van der Waals surface area (Å²) in [5, 5.41) is 0. The van der Waals surface area contributed by atoms with Gasteiger partial charge in [-0.2, -0.15) is 0 Å². The normalized spacial score (nSPS) is 14.8. The fourth-order valence-electron chi connectivity index (χ4n) is 0.565. The van der Waals surface area contributed by atoms with Crippen LogP contribution < -0.4 is 0 Å². The van der Waals surface area contributed by atoms with Crippen LogP contribution in [0, 0.1) is 0 Å². The Morgan fingerprint density at radius 2 is 1.80 bits per heavy atom. The van der Waals surface area contributed by atoms with E-state index in [-0.39, 0.29) is 0 Å². The van der Waals surface area contributed by atoms with Gasteiger partial charge in [0.2, 0.25) is 0 Å². The summed E-state index contributed by atoms with van der Waals surface area (Å²) in [7, 11) is 0. The lowest BCUT2D eigenvalue weighted by atomic mass is 10.2. The van der Waals surface area contributed by atoms with Gasteiger partial charge in [-0.3, -0.25) is 0 Å². The van der Waals surface area contributed by atoms with Crippen LogP contribution in [0.25, 0.3) is 0 Å². The van der Waals surface area contributed by atoms with Gasteiger partial charge in [-0.15, -0.1) is 0 Å². The van der Waals surface area contributed by atoms with Crippen molar-refractivity contribution in [3.63, 3.8) is 0 Å². The molecule has 0 aliphatic carbocycles. The third kappa shape index (κ3) is 5.83. The first-order valence-electron chi connectivity index (χ1n) is 3.30. The molecule has 0 atom stereocenters. The fraction of sp³-hybridized carbons (Fsp3) is 0.333. The third-order valence-corrected chi connectivity index (χ3v) is 1.27. The minimum Gasteiger partial charge on any atom is -0.0874 e. The molecule has 0 unspecified atom stereocenters. The van der Waals surface area contributed by atoms with Gasteiger partial charge in [-0.05, 0) is 25.3 Å². The molecule has 0 aromatic heterocycles. The molecule has 0 fully saturated rings. The first-order chi connectivity index (χ1) is 4.66. The van der Waals surface area contributed by atoms with Crippen LogP contribution >= 0.6 is 15.9 Å². The van der Waals surface area contributed by atoms with Gasteiger partial charge in [0.1, 0.15) is 0 Å². The molecule has 1 heteroatoms. The molecule has 0 spiro atoms. The second-order valence-electron chi connectivity index (χ2n) is 2.16. The van der Waals surface area contributed by atoms with Gasteiger partial charge in [0.05, 0.1) is 0 Å². The summed E-state index contributed by atoms with van der Waals surface area (Å²) in [4.78, 5) is 0. The highest BCUT2D eigenvalue weighted by Crippen LogP contribution is 2.04. The number of halogens is 1. The van der Waals surface area contributed by atoms with Crippen molar-refractivity contribution in [2.45, 2.75) is 20.8 Å². The summed E-state index contributed by atoms with van der Waals surface area (Å²) in [6, 6.07) is 0. The molecule has 10 heavy (non-hydrogen) atoms. The molecule has 0 nitrogen and oxygen atoms in total. The van der Waals surface area contributed by atoms with Gasteiger partial charge in [0.15, 0.2) is 0 Å². The van der Waals surface area contributed by atoms with E-state index < -0.39 is 0 Å². The molecule has 0 aromatic carbocycles. The van der Waals surface area contributed by atoms with Crippen LogP contribution in [-0.2, 0) is 0 Å². The monoisotopic (exact) mass is 200 g/mol. The molecular formula is C9H13Br. The van der Waals surface area contributed by atoms with Crippen molar-refractivity contribution < 1.29 is 0 Å². The predicted octanol–water partition coefficient (Wildman–Crippen LogP) is 3.81. The maximum Gasteiger partial charge on any atom is -0.00803 e. The van der Waals surface area contributed by atoms with E-state index in [4.69, 9.17) is 0 Å². The van der Waals surface area contributed by atoms with Crippen molar-refractivity contribution in [1.29, 1.82) is 0 Å². The summed E-state index contributed by atoms with van der Waals surface area (Å²) >= 11 is 3.35. The molecule has 0 aromatic rings. The Balaban J connectivity index is 4.05. The van der Waals surface area contributed by atoms with Gasteiger partial charge in [-0.25, -0.2) is 0 Å². The Kier molecular flexibility index (Phi) is 5.32. The Hall–Kier alpha value is -0.300. The van der Waals surface area contributed by atoms with Crippen molar-refractivity contribution in [3.05, 3.63) is 34.4 Å². The summed E-state index contributed by atoms with van der Waals surface area (Å²) < 4.78 is 1.15. The highest BCUT2D eigenvalue weighted by Gasteiger charge is 1.77. The van der Waals surface area contributed by atoms with Crippen LogP contribution in [0.4, 0.5) is 0 Å². The summed E-state index contributed by atoms with van der Waals surface area (Å²) in [5.74, 6) is 0. The largest absolute Gasteiger partial charge is 0.0874 e. The standard InChI is InChI=1S/C9H13Br/c1-4-5-8(2)6-7-9(3)10/h4-7H,1-3H3/b5-4-,8-6-,9-7+. The summed E-state index contributed by atoms with van der Waals surface area (Å²) in [5.41, 5.74) is 1.27. The lowest BCUT2D eigenvalue weighted by Gasteiger charge is -1.86. The molecule has 56 valence electrons. The summed E-state index contributed by atoms with van der Waals surface area (Å²) in [6.07, 6.45) is 8.22. The molecule has 0 heterocycles. The minimum atomic E-state index is 1.15. The molecular weight excluding hydrogens is 188 g/mol. The average molecular weight is 201 g/mol. The second-order valence-corrected chi connectivity index (χ2v) is 3.41. The molecule has 0 saturated carbocycles. The number of rotatable bonds is 2. The maximum atomic E-state index is 3.35. The fourth-order valence-corrected chi connectivity index (χ4v) is 0.697. The van der Waals surface area contributed by atoms with E-state index >= 15 is 0 Å². The third-order valence-electron chi connectivity index (χ3n) is 1.01. The van der Waals surface area contributed by atoms with Crippen LogP contribution in [0.15, 0.2) is 34.4 Å². The van der Waals surface area contributed by atoms with Gasteiger partial charge in [0.25, 0.3) is 0 Å². The smallest absolute Gasteiger partial charge is 0.00803 e. The van der Waals surface area contributed by atoms with E-state index in [1.165, 1.54) is 5.57 Å². The Morgan fingerprint density at radius 3 is 2.20 bits per heavy atom. The van der Waals surface area contributed by atoms with Crippen LogP contribution in [0.2, 0.25) is 0 Å². The van der Waals surface area contributed by atoms with Crippen LogP contribution in [0.5, 0.6) is 0 Å². The van der Waals surface area contributed by atoms with Crippen molar-refractivity contribution in [1.82, 2.24) is 0 Å². The Bertz CT molecular complexity index is 169. The molecule has 0 aliphatic heterocycles. The van der Waals surface area contributed by atoms with E-state index in [1.807, 2.05) is 26.0 Å². The van der Waals surface area contributed by atoms with Gasteiger partial charge in [-0.1, -0.05) is 45.8 Å². The number of hydrogen-bond acceptors (Lipinski definition) is 0. The van der Waals surface area contributed by atoms with Crippen molar-refractivity contribution in [2.75, 3.05) is 0 Å². The Labute approximate surface area is 71.5 Å². The molecule has 0 rings (SSSR count). The number of allylic oxidation sites excluding steroid dienone is 6. The molecule has 0 aliphatic rings. The number of hydrogen-bond donors (Lipinski definition) is 0. The zero-order valence-electron chi connectivity index (χ0n) is 6.69. The maximum absolute atomic E-state index is 3.35. The molecule has 0 radical (unpaired) electrons. The van der Waals surface area contributed by atoms with E-state index in [9.17, 15) is 0 Å². The Morgan fingerprint density at radius 1 is 1.20 bits per heavy atom. The van der Waals surface area contributed by atoms with E-state index in [0.29, 0.717) is 0 Å². The molecule has 0 amide bonds. The second kappa shape index (κ2) is 5.48.